The van der Waals surface area contributed by atoms with E-state index < -0.39 is 11.6 Å². The third-order valence-corrected chi connectivity index (χ3v) is 5.75. The van der Waals surface area contributed by atoms with Gasteiger partial charge >= 0.3 is 0 Å². The molecule has 178 valence electrons. The number of nitrogens with one attached hydrogen (secondary N) is 3. The monoisotopic (exact) mass is 472 g/mol. The Balaban J connectivity index is 1.50. The van der Waals surface area contributed by atoms with Gasteiger partial charge in [0.25, 0.3) is 11.8 Å². The van der Waals surface area contributed by atoms with Gasteiger partial charge in [-0.2, -0.15) is 4.98 Å². The van der Waals surface area contributed by atoms with E-state index in [9.17, 15) is 9.90 Å². The Morgan fingerprint density at radius 3 is 2.74 bits per heavy atom. The van der Waals surface area contributed by atoms with Crippen LogP contribution in [0.25, 0.3) is 11.5 Å². The van der Waals surface area contributed by atoms with Crippen molar-refractivity contribution in [3.8, 4) is 11.5 Å². The van der Waals surface area contributed by atoms with Gasteiger partial charge in [-0.3, -0.25) is 9.78 Å². The second-order valence-corrected chi connectivity index (χ2v) is 8.71. The lowest BCUT2D eigenvalue weighted by Gasteiger charge is -2.20. The molecule has 3 aromatic heterocycles. The molecule has 0 saturated carbocycles. The lowest BCUT2D eigenvalue weighted by molar-refractivity contribution is 0.0940. The van der Waals surface area contributed by atoms with Gasteiger partial charge in [-0.15, -0.1) is 10.2 Å². The van der Waals surface area contributed by atoms with Crippen LogP contribution in [0.5, 0.6) is 0 Å². The molecule has 11 nitrogen and oxygen atoms in total. The summed E-state index contributed by atoms with van der Waals surface area (Å²) in [5.74, 6) is 1.27. The molecule has 11 heteroatoms. The highest BCUT2D eigenvalue weighted by Crippen LogP contribution is 2.34. The maximum absolute atomic E-state index is 12.2. The highest BCUT2D eigenvalue weighted by Gasteiger charge is 2.35. The number of carbonyl (C=O) groups excluding carboxylic acids is 1. The third-order valence-electron chi connectivity index (χ3n) is 5.75. The van der Waals surface area contributed by atoms with E-state index in [4.69, 9.17) is 4.42 Å². The minimum Gasteiger partial charge on any atom is -0.421 e. The zero-order valence-corrected chi connectivity index (χ0v) is 19.4. The van der Waals surface area contributed by atoms with E-state index in [0.29, 0.717) is 28.8 Å². The summed E-state index contributed by atoms with van der Waals surface area (Å²) in [6.45, 7) is 5.41. The Morgan fingerprint density at radius 1 is 1.17 bits per heavy atom. The number of pyridine rings is 1. The molecule has 1 aromatic carbocycles. The number of aryl methyl sites for hydroxylation is 1. The maximum atomic E-state index is 12.2. The van der Waals surface area contributed by atoms with Crippen molar-refractivity contribution < 1.29 is 14.3 Å². The fourth-order valence-electron chi connectivity index (χ4n) is 3.98. The number of aliphatic hydroxyl groups excluding tert-OH is 1. The maximum Gasteiger partial charge on any atom is 0.253 e. The van der Waals surface area contributed by atoms with Gasteiger partial charge in [-0.1, -0.05) is 6.07 Å². The average Bonchev–Trinajstić information content (AvgIpc) is 3.37. The number of hydrogen-bond acceptors (Lipinski definition) is 10. The van der Waals surface area contributed by atoms with Crippen molar-refractivity contribution in [2.75, 3.05) is 17.2 Å². The Bertz CT molecular complexity index is 1390. The first-order chi connectivity index (χ1) is 16.8. The van der Waals surface area contributed by atoms with Crippen LogP contribution in [-0.2, 0) is 5.54 Å². The van der Waals surface area contributed by atoms with Crippen LogP contribution in [-0.4, -0.2) is 42.8 Å². The number of amides is 1. The van der Waals surface area contributed by atoms with Gasteiger partial charge in [0.1, 0.15) is 5.82 Å². The summed E-state index contributed by atoms with van der Waals surface area (Å²) in [6, 6.07) is 8.67. The second-order valence-electron chi connectivity index (χ2n) is 8.71. The molecule has 5 rings (SSSR count). The number of fused-ring (bicyclic) bond motifs is 1. The van der Waals surface area contributed by atoms with Crippen molar-refractivity contribution in [3.63, 3.8) is 0 Å². The molecular formula is C24H24N8O3. The molecule has 1 aliphatic heterocycles. The lowest BCUT2D eigenvalue weighted by atomic mass is 9.94. The van der Waals surface area contributed by atoms with Crippen LogP contribution < -0.4 is 16.0 Å². The van der Waals surface area contributed by atoms with Crippen LogP contribution in [0, 0.1) is 6.92 Å². The number of hydrogen-bond donors (Lipinski definition) is 4. The van der Waals surface area contributed by atoms with E-state index in [2.05, 4.69) is 41.1 Å². The molecule has 0 radical (unpaired) electrons. The average molecular weight is 473 g/mol. The quantitative estimate of drug-likeness (QED) is 0.316. The molecule has 4 heterocycles. The Morgan fingerprint density at radius 2 is 2.03 bits per heavy atom. The molecule has 1 atom stereocenters. The van der Waals surface area contributed by atoms with E-state index in [1.807, 2.05) is 26.0 Å². The Labute approximate surface area is 201 Å². The zero-order valence-electron chi connectivity index (χ0n) is 19.4. The molecule has 1 unspecified atom stereocenters. The van der Waals surface area contributed by atoms with Crippen LogP contribution in [0.4, 0.5) is 17.5 Å². The van der Waals surface area contributed by atoms with E-state index in [1.165, 1.54) is 0 Å². The van der Waals surface area contributed by atoms with Gasteiger partial charge in [0, 0.05) is 36.8 Å². The summed E-state index contributed by atoms with van der Waals surface area (Å²) >= 11 is 0. The number of carbonyl (C=O) groups is 1. The molecular weight excluding hydrogens is 448 g/mol. The molecule has 4 aromatic rings. The standard InChI is InChI=1S/C24H24N8O3/c1-13-31-32-22(35-13)17-11-26-23(29-20(17)28-19(12-33)14-5-4-8-25-10-14)27-15-6-7-16-18(9-15)24(2,3)30-21(16)34/h4-11,19,33H,12H2,1-3H3,(H,30,34)(H2,26,27,28,29). The number of rotatable bonds is 7. The summed E-state index contributed by atoms with van der Waals surface area (Å²) < 4.78 is 5.60. The van der Waals surface area contributed by atoms with Crippen LogP contribution in [0.3, 0.4) is 0 Å². The predicted octanol–water partition coefficient (Wildman–Crippen LogP) is 3.10. The van der Waals surface area contributed by atoms with Crippen molar-refractivity contribution >= 4 is 23.4 Å². The largest absolute Gasteiger partial charge is 0.421 e. The van der Waals surface area contributed by atoms with Crippen molar-refractivity contribution in [2.24, 2.45) is 0 Å². The number of anilines is 3. The number of nitrogens with zero attached hydrogens (tertiary/aromatic N) is 5. The van der Waals surface area contributed by atoms with Gasteiger partial charge in [0.2, 0.25) is 11.8 Å². The first kappa shape index (κ1) is 22.4. The van der Waals surface area contributed by atoms with E-state index >= 15 is 0 Å². The minimum absolute atomic E-state index is 0.0936. The molecule has 0 bridgehead atoms. The van der Waals surface area contributed by atoms with Gasteiger partial charge in [0.05, 0.1) is 23.8 Å². The fraction of sp³-hybridized carbons (Fsp3) is 0.250. The summed E-state index contributed by atoms with van der Waals surface area (Å²) in [7, 11) is 0. The van der Waals surface area contributed by atoms with Crippen LogP contribution in [0.2, 0.25) is 0 Å². The van der Waals surface area contributed by atoms with Crippen molar-refractivity contribution in [1.29, 1.82) is 0 Å². The summed E-state index contributed by atoms with van der Waals surface area (Å²) in [5.41, 5.74) is 3.06. The molecule has 0 fully saturated rings. The lowest BCUT2D eigenvalue weighted by Crippen LogP contribution is -2.32. The van der Waals surface area contributed by atoms with E-state index in [0.717, 1.165) is 16.8 Å². The normalized spacial score (nSPS) is 14.8. The fourth-order valence-corrected chi connectivity index (χ4v) is 3.98. The molecule has 0 saturated heterocycles. The first-order valence-electron chi connectivity index (χ1n) is 11.0. The topological polar surface area (TPSA) is 151 Å². The number of aliphatic hydroxyl groups is 1. The molecule has 35 heavy (non-hydrogen) atoms. The minimum atomic E-state index is -0.480. The Hall–Kier alpha value is -4.38. The molecule has 0 aliphatic carbocycles. The van der Waals surface area contributed by atoms with Crippen molar-refractivity contribution in [3.05, 3.63) is 71.5 Å². The van der Waals surface area contributed by atoms with Crippen LogP contribution in [0.15, 0.2) is 53.3 Å². The highest BCUT2D eigenvalue weighted by molar-refractivity contribution is 6.00. The SMILES string of the molecule is Cc1nnc(-c2cnc(Nc3ccc4c(c3)C(C)(C)NC4=O)nc2NC(CO)c2cccnc2)o1. The summed E-state index contributed by atoms with van der Waals surface area (Å²) in [6.07, 6.45) is 4.91. The van der Waals surface area contributed by atoms with E-state index in [1.54, 1.807) is 43.7 Å². The summed E-state index contributed by atoms with van der Waals surface area (Å²) in [5, 5.41) is 27.4. The summed E-state index contributed by atoms with van der Waals surface area (Å²) in [4.78, 5) is 25.4. The predicted molar refractivity (Wildman–Crippen MR) is 128 cm³/mol. The molecule has 1 aliphatic rings. The third kappa shape index (κ3) is 4.41. The Kier molecular flexibility index (Phi) is 5.61. The van der Waals surface area contributed by atoms with E-state index in [-0.39, 0.29) is 18.4 Å². The molecule has 4 N–H and O–H groups in total. The first-order valence-corrected chi connectivity index (χ1v) is 11.0. The second kappa shape index (κ2) is 8.76. The van der Waals surface area contributed by atoms with Crippen LogP contribution >= 0.6 is 0 Å². The smallest absolute Gasteiger partial charge is 0.253 e. The number of aromatic nitrogens is 5. The zero-order chi connectivity index (χ0) is 24.6. The molecule has 0 spiro atoms. The van der Waals surface area contributed by atoms with Gasteiger partial charge in [-0.05, 0) is 49.2 Å². The van der Waals surface area contributed by atoms with Crippen LogP contribution in [0.1, 0.15) is 47.3 Å². The van der Waals surface area contributed by atoms with Crippen molar-refractivity contribution in [2.45, 2.75) is 32.4 Å². The highest BCUT2D eigenvalue weighted by atomic mass is 16.4. The molecule has 1 amide bonds. The number of benzene rings is 1. The van der Waals surface area contributed by atoms with Gasteiger partial charge in [-0.25, -0.2) is 4.98 Å². The van der Waals surface area contributed by atoms with Crippen molar-refractivity contribution in [1.82, 2.24) is 30.5 Å². The van der Waals surface area contributed by atoms with Gasteiger partial charge < -0.3 is 25.5 Å². The van der Waals surface area contributed by atoms with Gasteiger partial charge in [0.15, 0.2) is 0 Å².